The van der Waals surface area contributed by atoms with Gasteiger partial charge in [-0.15, -0.1) is 0 Å². The molecule has 0 saturated carbocycles. The molecule has 6 heteroatoms. The van der Waals surface area contributed by atoms with Crippen molar-refractivity contribution in [2.24, 2.45) is 5.73 Å². The Morgan fingerprint density at radius 2 is 2.10 bits per heavy atom. The maximum atomic E-state index is 12.1. The monoisotopic (exact) mass is 336 g/mol. The number of rotatable bonds is 2. The molecule has 1 aliphatic heterocycles. The van der Waals surface area contributed by atoms with Crippen molar-refractivity contribution in [2.75, 3.05) is 13.1 Å². The van der Waals surface area contributed by atoms with Gasteiger partial charge in [-0.1, -0.05) is 0 Å². The van der Waals surface area contributed by atoms with Crippen LogP contribution in [0, 0.1) is 0 Å². The van der Waals surface area contributed by atoms with Crippen LogP contribution in [0.15, 0.2) is 33.7 Å². The van der Waals surface area contributed by atoms with E-state index in [1.54, 1.807) is 16.7 Å². The van der Waals surface area contributed by atoms with E-state index < -0.39 is 0 Å². The van der Waals surface area contributed by atoms with E-state index >= 15 is 0 Å². The van der Waals surface area contributed by atoms with Crippen molar-refractivity contribution in [3.8, 4) is 0 Å². The van der Waals surface area contributed by atoms with E-state index in [1.807, 2.05) is 12.1 Å². The molecule has 106 valence electrons. The lowest BCUT2D eigenvalue weighted by atomic mass is 10.1. The molecule has 2 aromatic rings. The summed E-state index contributed by atoms with van der Waals surface area (Å²) < 4.78 is 2.42. The van der Waals surface area contributed by atoms with Crippen LogP contribution in [0.25, 0.3) is 5.65 Å². The van der Waals surface area contributed by atoms with E-state index in [4.69, 9.17) is 5.73 Å². The summed E-state index contributed by atoms with van der Waals surface area (Å²) in [5.41, 5.74) is 7.37. The van der Waals surface area contributed by atoms with E-state index in [-0.39, 0.29) is 5.56 Å². The van der Waals surface area contributed by atoms with E-state index in [0.29, 0.717) is 18.2 Å². The number of nitrogens with zero attached hydrogens (tertiary/aromatic N) is 3. The third-order valence-electron chi connectivity index (χ3n) is 3.69. The molecule has 1 fully saturated rings. The zero-order valence-corrected chi connectivity index (χ0v) is 12.7. The van der Waals surface area contributed by atoms with E-state index in [9.17, 15) is 4.79 Å². The Morgan fingerprint density at radius 3 is 2.85 bits per heavy atom. The molecular formula is C14H17BrN4O. The molecule has 0 bridgehead atoms. The molecule has 1 saturated heterocycles. The smallest absolute Gasteiger partial charge is 0.258 e. The van der Waals surface area contributed by atoms with Crippen molar-refractivity contribution in [3.05, 3.63) is 44.9 Å². The molecule has 20 heavy (non-hydrogen) atoms. The molecule has 3 rings (SSSR count). The maximum absolute atomic E-state index is 12.1. The van der Waals surface area contributed by atoms with Gasteiger partial charge in [0.05, 0.1) is 5.69 Å². The van der Waals surface area contributed by atoms with Crippen LogP contribution < -0.4 is 11.3 Å². The fraction of sp³-hybridized carbons (Fsp3) is 0.429. The van der Waals surface area contributed by atoms with Crippen molar-refractivity contribution >= 4 is 21.6 Å². The van der Waals surface area contributed by atoms with Crippen molar-refractivity contribution in [1.82, 2.24) is 14.3 Å². The van der Waals surface area contributed by atoms with Gasteiger partial charge in [-0.05, 0) is 40.9 Å². The number of piperidine rings is 1. The highest BCUT2D eigenvalue weighted by molar-refractivity contribution is 9.10. The molecule has 0 amide bonds. The van der Waals surface area contributed by atoms with E-state index in [1.165, 1.54) is 0 Å². The van der Waals surface area contributed by atoms with Crippen LogP contribution in [0.1, 0.15) is 18.5 Å². The predicted molar refractivity (Wildman–Crippen MR) is 81.6 cm³/mol. The van der Waals surface area contributed by atoms with Crippen LogP contribution in [0.5, 0.6) is 0 Å². The molecule has 0 spiro atoms. The second-order valence-electron chi connectivity index (χ2n) is 5.27. The quantitative estimate of drug-likeness (QED) is 0.899. The molecule has 0 aromatic carbocycles. The third kappa shape index (κ3) is 2.92. The number of halogens is 1. The number of nitrogens with two attached hydrogens (primary N) is 1. The topological polar surface area (TPSA) is 63.6 Å². The van der Waals surface area contributed by atoms with Crippen LogP contribution in [-0.4, -0.2) is 33.4 Å². The van der Waals surface area contributed by atoms with Crippen LogP contribution in [0.3, 0.4) is 0 Å². The minimum atomic E-state index is -0.0417. The standard InChI is InChI=1S/C14H17BrN4O/c15-10-1-2-13-17-12(7-14(20)19(13)8-10)9-18-5-3-11(16)4-6-18/h1-2,7-8,11H,3-6,9,16H2. The fourth-order valence-electron chi connectivity index (χ4n) is 2.55. The van der Waals surface area contributed by atoms with Gasteiger partial charge in [0.15, 0.2) is 0 Å². The molecule has 2 N–H and O–H groups in total. The summed E-state index contributed by atoms with van der Waals surface area (Å²) in [5.74, 6) is 0. The molecule has 2 aromatic heterocycles. The first-order chi connectivity index (χ1) is 9.61. The Labute approximate surface area is 125 Å². The first-order valence-corrected chi connectivity index (χ1v) is 7.57. The molecule has 0 atom stereocenters. The van der Waals surface area contributed by atoms with Gasteiger partial charge in [-0.2, -0.15) is 0 Å². The molecule has 3 heterocycles. The van der Waals surface area contributed by atoms with Gasteiger partial charge in [-0.3, -0.25) is 14.1 Å². The average Bonchev–Trinajstić information content (AvgIpc) is 2.42. The first kappa shape index (κ1) is 13.7. The Hall–Kier alpha value is -1.24. The van der Waals surface area contributed by atoms with Gasteiger partial charge >= 0.3 is 0 Å². The molecule has 5 nitrogen and oxygen atoms in total. The average molecular weight is 337 g/mol. The minimum Gasteiger partial charge on any atom is -0.328 e. The van der Waals surface area contributed by atoms with Gasteiger partial charge in [-0.25, -0.2) is 4.98 Å². The summed E-state index contributed by atoms with van der Waals surface area (Å²) >= 11 is 3.36. The minimum absolute atomic E-state index is 0.0417. The highest BCUT2D eigenvalue weighted by atomic mass is 79.9. The Bertz CT molecular complexity index is 676. The number of pyridine rings is 1. The zero-order valence-electron chi connectivity index (χ0n) is 11.1. The first-order valence-electron chi connectivity index (χ1n) is 6.77. The summed E-state index contributed by atoms with van der Waals surface area (Å²) in [5, 5.41) is 0. The molecule has 0 aliphatic carbocycles. The zero-order chi connectivity index (χ0) is 14.1. The van der Waals surface area contributed by atoms with Crippen LogP contribution in [0.4, 0.5) is 0 Å². The van der Waals surface area contributed by atoms with Gasteiger partial charge in [0.25, 0.3) is 5.56 Å². The lowest BCUT2D eigenvalue weighted by Crippen LogP contribution is -2.39. The summed E-state index contributed by atoms with van der Waals surface area (Å²) in [6, 6.07) is 5.68. The summed E-state index contributed by atoms with van der Waals surface area (Å²) in [4.78, 5) is 19.0. The number of aromatic nitrogens is 2. The maximum Gasteiger partial charge on any atom is 0.258 e. The Balaban J connectivity index is 1.85. The van der Waals surface area contributed by atoms with Gasteiger partial charge in [0.1, 0.15) is 5.65 Å². The lowest BCUT2D eigenvalue weighted by Gasteiger charge is -2.29. The highest BCUT2D eigenvalue weighted by Crippen LogP contribution is 2.13. The summed E-state index contributed by atoms with van der Waals surface area (Å²) in [7, 11) is 0. The van der Waals surface area contributed by atoms with E-state index in [0.717, 1.165) is 36.1 Å². The van der Waals surface area contributed by atoms with Crippen molar-refractivity contribution in [3.63, 3.8) is 0 Å². The third-order valence-corrected chi connectivity index (χ3v) is 4.16. The largest absolute Gasteiger partial charge is 0.328 e. The summed E-state index contributed by atoms with van der Waals surface area (Å²) in [6.45, 7) is 2.67. The summed E-state index contributed by atoms with van der Waals surface area (Å²) in [6.07, 6.45) is 3.77. The van der Waals surface area contributed by atoms with Crippen LogP contribution in [0.2, 0.25) is 0 Å². The second-order valence-corrected chi connectivity index (χ2v) is 6.19. The normalized spacial score (nSPS) is 17.7. The molecule has 0 unspecified atom stereocenters. The number of fused-ring (bicyclic) bond motifs is 1. The molecule has 0 radical (unpaired) electrons. The SMILES string of the molecule is NC1CCN(Cc2cc(=O)n3cc(Br)ccc3n2)CC1. The van der Waals surface area contributed by atoms with Gasteiger partial charge in [0.2, 0.25) is 0 Å². The Morgan fingerprint density at radius 1 is 1.35 bits per heavy atom. The highest BCUT2D eigenvalue weighted by Gasteiger charge is 2.16. The van der Waals surface area contributed by atoms with Crippen LogP contribution >= 0.6 is 15.9 Å². The number of hydrogen-bond donors (Lipinski definition) is 1. The lowest BCUT2D eigenvalue weighted by molar-refractivity contribution is 0.203. The predicted octanol–water partition coefficient (Wildman–Crippen LogP) is 1.38. The van der Waals surface area contributed by atoms with Crippen molar-refractivity contribution in [2.45, 2.75) is 25.4 Å². The molecular weight excluding hydrogens is 320 g/mol. The molecule has 1 aliphatic rings. The number of likely N-dealkylation sites (tertiary alicyclic amines) is 1. The number of hydrogen-bond acceptors (Lipinski definition) is 4. The Kier molecular flexibility index (Phi) is 3.87. The fourth-order valence-corrected chi connectivity index (χ4v) is 2.88. The van der Waals surface area contributed by atoms with Crippen molar-refractivity contribution < 1.29 is 0 Å². The van der Waals surface area contributed by atoms with Crippen molar-refractivity contribution in [1.29, 1.82) is 0 Å². The van der Waals surface area contributed by atoms with Gasteiger partial charge in [0, 0.05) is 42.4 Å². The van der Waals surface area contributed by atoms with E-state index in [2.05, 4.69) is 25.8 Å². The van der Waals surface area contributed by atoms with Crippen LogP contribution in [-0.2, 0) is 6.54 Å². The second kappa shape index (κ2) is 5.63. The van der Waals surface area contributed by atoms with Gasteiger partial charge < -0.3 is 5.73 Å².